The lowest BCUT2D eigenvalue weighted by atomic mass is 10.1. The highest BCUT2D eigenvalue weighted by atomic mass is 79.9. The third-order valence-electron chi connectivity index (χ3n) is 3.38. The number of aromatic nitrogens is 4. The van der Waals surface area contributed by atoms with E-state index in [4.69, 9.17) is 0 Å². The molecule has 0 unspecified atom stereocenters. The molecule has 0 radical (unpaired) electrons. The zero-order valence-corrected chi connectivity index (χ0v) is 14.6. The van der Waals surface area contributed by atoms with Gasteiger partial charge in [-0.2, -0.15) is 9.61 Å². The van der Waals surface area contributed by atoms with E-state index in [0.29, 0.717) is 17.2 Å². The first-order valence-electron chi connectivity index (χ1n) is 6.20. The molecule has 0 amide bonds. The van der Waals surface area contributed by atoms with Crippen molar-refractivity contribution in [2.24, 2.45) is 0 Å². The zero-order valence-electron chi connectivity index (χ0n) is 10.6. The van der Waals surface area contributed by atoms with Gasteiger partial charge in [-0.05, 0) is 34.5 Å². The molecule has 3 aromatic heterocycles. The fourth-order valence-corrected chi connectivity index (χ4v) is 6.56. The number of nitrogens with zero attached hydrogens (tertiary/aromatic N) is 4. The van der Waals surface area contributed by atoms with Crippen LogP contribution in [-0.4, -0.2) is 39.7 Å². The van der Waals surface area contributed by atoms with Crippen molar-refractivity contribution < 1.29 is 8.42 Å². The Morgan fingerprint density at radius 1 is 1.29 bits per heavy atom. The molecule has 1 aliphatic rings. The van der Waals surface area contributed by atoms with E-state index in [2.05, 4.69) is 31.2 Å². The molecule has 6 nitrogen and oxygen atoms in total. The SMILES string of the molecule is O=S1(=O)CC[C@H](c2nn3c(-c4ccc(Br)s4)nnc3s2)C1. The van der Waals surface area contributed by atoms with E-state index in [9.17, 15) is 8.42 Å². The van der Waals surface area contributed by atoms with Crippen molar-refractivity contribution in [3.63, 3.8) is 0 Å². The minimum atomic E-state index is -2.91. The van der Waals surface area contributed by atoms with Crippen molar-refractivity contribution in [3.8, 4) is 10.7 Å². The Labute approximate surface area is 136 Å². The van der Waals surface area contributed by atoms with Crippen molar-refractivity contribution in [3.05, 3.63) is 20.9 Å². The molecule has 1 saturated heterocycles. The normalized spacial score (nSPS) is 21.3. The molecular formula is C11H9BrN4O2S3. The molecule has 3 aromatic rings. The van der Waals surface area contributed by atoms with Crippen molar-refractivity contribution in [2.75, 3.05) is 11.5 Å². The quantitative estimate of drug-likeness (QED) is 0.655. The molecule has 0 N–H and O–H groups in total. The fourth-order valence-electron chi connectivity index (χ4n) is 2.37. The first-order chi connectivity index (χ1) is 10.0. The van der Waals surface area contributed by atoms with Gasteiger partial charge in [0, 0.05) is 5.92 Å². The summed E-state index contributed by atoms with van der Waals surface area (Å²) in [5.74, 6) is 1.13. The lowest BCUT2D eigenvalue weighted by Gasteiger charge is -2.00. The minimum Gasteiger partial charge on any atom is -0.229 e. The van der Waals surface area contributed by atoms with Crippen LogP contribution in [0.5, 0.6) is 0 Å². The van der Waals surface area contributed by atoms with Crippen LogP contribution in [0.15, 0.2) is 15.9 Å². The number of fused-ring (bicyclic) bond motifs is 1. The summed E-state index contributed by atoms with van der Waals surface area (Å²) in [6, 6.07) is 3.92. The third-order valence-corrected chi connectivity index (χ3v) is 7.83. The van der Waals surface area contributed by atoms with Crippen LogP contribution in [0.25, 0.3) is 15.7 Å². The molecule has 0 aromatic carbocycles. The zero-order chi connectivity index (χ0) is 14.6. The minimum absolute atomic E-state index is 0.00961. The maximum atomic E-state index is 11.6. The van der Waals surface area contributed by atoms with E-state index < -0.39 is 9.84 Å². The van der Waals surface area contributed by atoms with E-state index in [1.54, 1.807) is 15.9 Å². The molecule has 0 aliphatic carbocycles. The summed E-state index contributed by atoms with van der Waals surface area (Å²) in [5.41, 5.74) is 0. The molecule has 4 heterocycles. The highest BCUT2D eigenvalue weighted by molar-refractivity contribution is 9.11. The van der Waals surface area contributed by atoms with Gasteiger partial charge >= 0.3 is 0 Å². The Balaban J connectivity index is 1.76. The Hall–Kier alpha value is -0.840. The molecule has 0 spiro atoms. The van der Waals surface area contributed by atoms with Crippen LogP contribution >= 0.6 is 38.6 Å². The van der Waals surface area contributed by atoms with Gasteiger partial charge in [-0.1, -0.05) is 11.3 Å². The predicted molar refractivity (Wildman–Crippen MR) is 85.7 cm³/mol. The predicted octanol–water partition coefficient (Wildman–Crippen LogP) is 2.58. The number of rotatable bonds is 2. The van der Waals surface area contributed by atoms with Crippen LogP contribution in [0.4, 0.5) is 0 Å². The summed E-state index contributed by atoms with van der Waals surface area (Å²) >= 11 is 6.42. The van der Waals surface area contributed by atoms with Gasteiger partial charge in [0.05, 0.1) is 20.2 Å². The molecule has 1 aliphatic heterocycles. The summed E-state index contributed by atoms with van der Waals surface area (Å²) in [7, 11) is -2.91. The Kier molecular flexibility index (Phi) is 3.18. The highest BCUT2D eigenvalue weighted by Gasteiger charge is 2.32. The van der Waals surface area contributed by atoms with E-state index in [-0.39, 0.29) is 17.4 Å². The van der Waals surface area contributed by atoms with Crippen LogP contribution in [0.2, 0.25) is 0 Å². The van der Waals surface area contributed by atoms with Crippen molar-refractivity contribution in [1.29, 1.82) is 0 Å². The van der Waals surface area contributed by atoms with Gasteiger partial charge in [0.2, 0.25) is 4.96 Å². The molecule has 4 rings (SSSR count). The summed E-state index contributed by atoms with van der Waals surface area (Å²) in [4.78, 5) is 1.68. The maximum absolute atomic E-state index is 11.6. The summed E-state index contributed by atoms with van der Waals surface area (Å²) in [5, 5.41) is 13.7. The van der Waals surface area contributed by atoms with Gasteiger partial charge in [0.1, 0.15) is 5.01 Å². The lowest BCUT2D eigenvalue weighted by Crippen LogP contribution is -2.04. The topological polar surface area (TPSA) is 77.2 Å². The number of halogens is 1. The molecule has 1 atom stereocenters. The molecule has 0 bridgehead atoms. The van der Waals surface area contributed by atoms with E-state index in [1.165, 1.54) is 11.3 Å². The van der Waals surface area contributed by atoms with Crippen molar-refractivity contribution in [2.45, 2.75) is 12.3 Å². The van der Waals surface area contributed by atoms with Gasteiger partial charge in [0.15, 0.2) is 15.7 Å². The number of sulfone groups is 1. The monoisotopic (exact) mass is 404 g/mol. The van der Waals surface area contributed by atoms with E-state index >= 15 is 0 Å². The van der Waals surface area contributed by atoms with E-state index in [1.807, 2.05) is 12.1 Å². The fraction of sp³-hybridized carbons (Fsp3) is 0.364. The lowest BCUT2D eigenvalue weighted by molar-refractivity contribution is 0.601. The van der Waals surface area contributed by atoms with Gasteiger partial charge in [-0.15, -0.1) is 21.5 Å². The van der Waals surface area contributed by atoms with Crippen LogP contribution in [0.3, 0.4) is 0 Å². The Bertz CT molecular complexity index is 926. The second kappa shape index (κ2) is 4.83. The van der Waals surface area contributed by atoms with E-state index in [0.717, 1.165) is 13.7 Å². The molecule has 110 valence electrons. The van der Waals surface area contributed by atoms with Crippen LogP contribution in [-0.2, 0) is 9.84 Å². The second-order valence-electron chi connectivity index (χ2n) is 4.86. The largest absolute Gasteiger partial charge is 0.235 e. The summed E-state index contributed by atoms with van der Waals surface area (Å²) in [6.07, 6.45) is 0.645. The first kappa shape index (κ1) is 13.8. The Morgan fingerprint density at radius 2 is 2.14 bits per heavy atom. The number of hydrogen-bond donors (Lipinski definition) is 0. The van der Waals surface area contributed by atoms with Gasteiger partial charge in [-0.3, -0.25) is 0 Å². The molecule has 10 heteroatoms. The summed E-state index contributed by atoms with van der Waals surface area (Å²) in [6.45, 7) is 0. The van der Waals surface area contributed by atoms with Gasteiger partial charge in [-0.25, -0.2) is 8.42 Å². The number of thiophene rings is 1. The molecule has 21 heavy (non-hydrogen) atoms. The summed E-state index contributed by atoms with van der Waals surface area (Å²) < 4.78 is 25.9. The third kappa shape index (κ3) is 2.43. The number of hydrogen-bond acceptors (Lipinski definition) is 7. The van der Waals surface area contributed by atoms with Crippen LogP contribution < -0.4 is 0 Å². The average molecular weight is 405 g/mol. The van der Waals surface area contributed by atoms with Gasteiger partial charge < -0.3 is 0 Å². The first-order valence-corrected chi connectivity index (χ1v) is 10.4. The van der Waals surface area contributed by atoms with Crippen LogP contribution in [0.1, 0.15) is 17.3 Å². The molecule has 1 fully saturated rings. The highest BCUT2D eigenvalue weighted by Crippen LogP contribution is 2.34. The second-order valence-corrected chi connectivity index (χ2v) is 10.5. The van der Waals surface area contributed by atoms with Crippen molar-refractivity contribution >= 4 is 53.4 Å². The molecule has 0 saturated carbocycles. The standard InChI is InChI=1S/C11H9BrN4O2S3/c12-8-2-1-7(19-8)9-13-14-11-16(9)15-10(20-11)6-3-4-21(17,18)5-6/h1-2,6H,3-5H2/t6-/m0/s1. The average Bonchev–Trinajstić information content (AvgIpc) is 3.11. The van der Waals surface area contributed by atoms with Crippen molar-refractivity contribution in [1.82, 2.24) is 19.8 Å². The maximum Gasteiger partial charge on any atom is 0.235 e. The van der Waals surface area contributed by atoms with Gasteiger partial charge in [0.25, 0.3) is 0 Å². The van der Waals surface area contributed by atoms with Crippen LogP contribution in [0, 0.1) is 0 Å². The Morgan fingerprint density at radius 3 is 2.81 bits per heavy atom. The smallest absolute Gasteiger partial charge is 0.229 e. The molecular weight excluding hydrogens is 396 g/mol.